The number of aliphatic hydroxyl groups excluding tert-OH is 1. The number of rotatable bonds is 6. The highest BCUT2D eigenvalue weighted by atomic mass is 32.1. The average Bonchev–Trinajstić information content (AvgIpc) is 3.57. The Kier molecular flexibility index (Phi) is 5.80. The minimum atomic E-state index is -0.783. The van der Waals surface area contributed by atoms with Crippen molar-refractivity contribution >= 4 is 55.5 Å². The Hall–Kier alpha value is -3.69. The third kappa shape index (κ3) is 3.72. The number of Topliss-reactive ketones (excluding diaryl/α,β-unsaturated/α-hetero) is 1. The first-order valence-corrected chi connectivity index (χ1v) is 12.2. The van der Waals surface area contributed by atoms with E-state index in [0.29, 0.717) is 34.3 Å². The zero-order valence-corrected chi connectivity index (χ0v) is 20.0. The standard InChI is InChI=1S/C25H20N2O5S2/c1-3-32-15-8-6-14(7-9-15)22(28)20-21(18-5-4-12-33-18)27(24(30)23(20)29)25-26-17-11-10-16(31-2)13-19(17)34-25/h4-13,21,28H,3H2,1-2H3. The molecule has 5 rings (SSSR count). The second kappa shape index (κ2) is 8.92. The number of aromatic nitrogens is 1. The molecular weight excluding hydrogens is 472 g/mol. The van der Waals surface area contributed by atoms with Crippen LogP contribution in [0.25, 0.3) is 16.0 Å². The Balaban J connectivity index is 1.64. The van der Waals surface area contributed by atoms with E-state index < -0.39 is 17.7 Å². The molecule has 34 heavy (non-hydrogen) atoms. The van der Waals surface area contributed by atoms with Gasteiger partial charge in [-0.1, -0.05) is 17.4 Å². The number of fused-ring (bicyclic) bond motifs is 1. The van der Waals surface area contributed by atoms with Gasteiger partial charge in [0.2, 0.25) is 0 Å². The normalized spacial score (nSPS) is 17.5. The van der Waals surface area contributed by atoms with Gasteiger partial charge in [0.05, 0.1) is 29.5 Å². The molecule has 2 aromatic carbocycles. The summed E-state index contributed by atoms with van der Waals surface area (Å²) >= 11 is 2.70. The van der Waals surface area contributed by atoms with Crippen LogP contribution in [0.1, 0.15) is 23.4 Å². The lowest BCUT2D eigenvalue weighted by atomic mass is 10.00. The number of carbonyl (C=O) groups is 2. The number of methoxy groups -OCH3 is 1. The summed E-state index contributed by atoms with van der Waals surface area (Å²) < 4.78 is 11.6. The van der Waals surface area contributed by atoms with E-state index in [4.69, 9.17) is 9.47 Å². The Morgan fingerprint density at radius 3 is 2.56 bits per heavy atom. The Bertz CT molecular complexity index is 1410. The number of thiophene rings is 1. The number of benzene rings is 2. The summed E-state index contributed by atoms with van der Waals surface area (Å²) in [5.41, 5.74) is 1.16. The lowest BCUT2D eigenvalue weighted by molar-refractivity contribution is -0.132. The molecule has 9 heteroatoms. The van der Waals surface area contributed by atoms with E-state index in [1.165, 1.54) is 27.6 Å². The molecule has 1 N–H and O–H groups in total. The predicted molar refractivity (Wildman–Crippen MR) is 133 cm³/mol. The Morgan fingerprint density at radius 2 is 1.88 bits per heavy atom. The van der Waals surface area contributed by atoms with Gasteiger partial charge in [0, 0.05) is 10.4 Å². The SMILES string of the molecule is CCOc1ccc(C(O)=C2C(=O)C(=O)N(c3nc4ccc(OC)cc4s3)C2c2cccs2)cc1. The molecule has 1 atom stereocenters. The number of ketones is 1. The second-order valence-electron chi connectivity index (χ2n) is 7.47. The summed E-state index contributed by atoms with van der Waals surface area (Å²) in [5, 5.41) is 13.4. The first-order valence-electron chi connectivity index (χ1n) is 10.5. The van der Waals surface area contributed by atoms with Gasteiger partial charge in [-0.2, -0.15) is 0 Å². The zero-order valence-electron chi connectivity index (χ0n) is 18.3. The molecule has 4 aromatic rings. The van der Waals surface area contributed by atoms with Crippen LogP contribution in [-0.4, -0.2) is 35.5 Å². The van der Waals surface area contributed by atoms with Gasteiger partial charge in [0.15, 0.2) is 5.13 Å². The van der Waals surface area contributed by atoms with Crippen molar-refractivity contribution in [2.75, 3.05) is 18.6 Å². The number of anilines is 1. The first-order chi connectivity index (χ1) is 16.5. The van der Waals surface area contributed by atoms with Gasteiger partial charge >= 0.3 is 5.91 Å². The Labute approximate surface area is 203 Å². The van der Waals surface area contributed by atoms with Crippen molar-refractivity contribution in [2.45, 2.75) is 13.0 Å². The van der Waals surface area contributed by atoms with Crippen molar-refractivity contribution in [3.8, 4) is 11.5 Å². The summed E-state index contributed by atoms with van der Waals surface area (Å²) in [5.74, 6) is -0.377. The van der Waals surface area contributed by atoms with Crippen LogP contribution in [0, 0.1) is 0 Å². The molecule has 1 aliphatic rings. The third-order valence-electron chi connectivity index (χ3n) is 5.49. The van der Waals surface area contributed by atoms with Gasteiger partial charge in [0.25, 0.3) is 5.78 Å². The van der Waals surface area contributed by atoms with Crippen LogP contribution in [0.15, 0.2) is 65.6 Å². The average molecular weight is 493 g/mol. The maximum Gasteiger partial charge on any atom is 0.301 e. The molecule has 0 saturated carbocycles. The largest absolute Gasteiger partial charge is 0.507 e. The van der Waals surface area contributed by atoms with Crippen molar-refractivity contribution in [1.29, 1.82) is 0 Å². The summed E-state index contributed by atoms with van der Waals surface area (Å²) in [7, 11) is 1.58. The van der Waals surface area contributed by atoms with E-state index in [2.05, 4.69) is 4.98 Å². The molecule has 7 nitrogen and oxygen atoms in total. The maximum absolute atomic E-state index is 13.3. The fraction of sp³-hybridized carbons (Fsp3) is 0.160. The van der Waals surface area contributed by atoms with Crippen molar-refractivity contribution < 1.29 is 24.2 Å². The second-order valence-corrected chi connectivity index (χ2v) is 9.46. The minimum absolute atomic E-state index is 0.0356. The van der Waals surface area contributed by atoms with Gasteiger partial charge in [-0.15, -0.1) is 11.3 Å². The molecule has 1 aliphatic heterocycles. The summed E-state index contributed by atoms with van der Waals surface area (Å²) in [6.45, 7) is 2.40. The van der Waals surface area contributed by atoms with Gasteiger partial charge in [-0.3, -0.25) is 14.5 Å². The number of aliphatic hydroxyl groups is 1. The molecule has 1 fully saturated rings. The molecule has 172 valence electrons. The molecule has 2 aromatic heterocycles. The van der Waals surface area contributed by atoms with Crippen LogP contribution in [0.2, 0.25) is 0 Å². The van der Waals surface area contributed by atoms with E-state index in [1.807, 2.05) is 36.6 Å². The summed E-state index contributed by atoms with van der Waals surface area (Å²) in [6.07, 6.45) is 0. The number of thiazole rings is 1. The number of nitrogens with zero attached hydrogens (tertiary/aromatic N) is 2. The minimum Gasteiger partial charge on any atom is -0.507 e. The van der Waals surface area contributed by atoms with Crippen LogP contribution in [0.3, 0.4) is 0 Å². The van der Waals surface area contributed by atoms with Crippen molar-refractivity contribution in [2.24, 2.45) is 0 Å². The Morgan fingerprint density at radius 1 is 1.12 bits per heavy atom. The molecule has 1 unspecified atom stereocenters. The smallest absolute Gasteiger partial charge is 0.301 e. The van der Waals surface area contributed by atoms with E-state index in [9.17, 15) is 14.7 Å². The fourth-order valence-corrected chi connectivity index (χ4v) is 5.74. The lowest BCUT2D eigenvalue weighted by Crippen LogP contribution is -2.28. The summed E-state index contributed by atoms with van der Waals surface area (Å²) in [6, 6.07) is 15.1. The molecule has 0 spiro atoms. The van der Waals surface area contributed by atoms with Crippen LogP contribution in [-0.2, 0) is 9.59 Å². The zero-order chi connectivity index (χ0) is 23.8. The quantitative estimate of drug-likeness (QED) is 0.221. The van der Waals surface area contributed by atoms with E-state index in [-0.39, 0.29) is 11.3 Å². The topological polar surface area (TPSA) is 89.0 Å². The number of amides is 1. The van der Waals surface area contributed by atoms with Gasteiger partial charge in [0.1, 0.15) is 23.3 Å². The molecule has 3 heterocycles. The fourth-order valence-electron chi connectivity index (χ4n) is 3.90. The van der Waals surface area contributed by atoms with E-state index >= 15 is 0 Å². The third-order valence-corrected chi connectivity index (χ3v) is 7.43. The van der Waals surface area contributed by atoms with Crippen molar-refractivity contribution in [3.05, 3.63) is 76.0 Å². The van der Waals surface area contributed by atoms with E-state index in [1.54, 1.807) is 37.4 Å². The highest BCUT2D eigenvalue weighted by Crippen LogP contribution is 2.45. The molecule has 1 amide bonds. The van der Waals surface area contributed by atoms with Crippen LogP contribution in [0.5, 0.6) is 11.5 Å². The predicted octanol–water partition coefficient (Wildman–Crippen LogP) is 5.39. The number of ether oxygens (including phenoxy) is 2. The van der Waals surface area contributed by atoms with Gasteiger partial charge < -0.3 is 14.6 Å². The van der Waals surface area contributed by atoms with Gasteiger partial charge in [-0.05, 0) is 60.8 Å². The van der Waals surface area contributed by atoms with Crippen LogP contribution < -0.4 is 14.4 Å². The molecular formula is C25H20N2O5S2. The highest BCUT2D eigenvalue weighted by molar-refractivity contribution is 7.22. The van der Waals surface area contributed by atoms with Crippen LogP contribution in [0.4, 0.5) is 5.13 Å². The molecule has 0 aliphatic carbocycles. The number of hydrogen-bond acceptors (Lipinski definition) is 8. The molecule has 0 radical (unpaired) electrons. The number of hydrogen-bond donors (Lipinski definition) is 1. The molecule has 1 saturated heterocycles. The van der Waals surface area contributed by atoms with Crippen LogP contribution >= 0.6 is 22.7 Å². The van der Waals surface area contributed by atoms with Crippen molar-refractivity contribution in [3.63, 3.8) is 0 Å². The first kappa shape index (κ1) is 22.1. The highest BCUT2D eigenvalue weighted by Gasteiger charge is 2.48. The lowest BCUT2D eigenvalue weighted by Gasteiger charge is -2.21. The van der Waals surface area contributed by atoms with Gasteiger partial charge in [-0.25, -0.2) is 4.98 Å². The van der Waals surface area contributed by atoms with E-state index in [0.717, 1.165) is 9.58 Å². The maximum atomic E-state index is 13.3. The summed E-state index contributed by atoms with van der Waals surface area (Å²) in [4.78, 5) is 33.2. The number of carbonyl (C=O) groups excluding carboxylic acids is 2. The monoisotopic (exact) mass is 492 g/mol. The molecule has 0 bridgehead atoms. The van der Waals surface area contributed by atoms with Crippen molar-refractivity contribution in [1.82, 2.24) is 4.98 Å².